The van der Waals surface area contributed by atoms with Crippen LogP contribution in [-0.4, -0.2) is 16.6 Å². The van der Waals surface area contributed by atoms with Crippen molar-refractivity contribution in [3.05, 3.63) is 54.0 Å². The van der Waals surface area contributed by atoms with Crippen molar-refractivity contribution in [3.63, 3.8) is 0 Å². The molecule has 0 bridgehead atoms. The van der Waals surface area contributed by atoms with Crippen molar-refractivity contribution in [1.29, 1.82) is 0 Å². The lowest BCUT2D eigenvalue weighted by Gasteiger charge is -2.05. The zero-order valence-corrected chi connectivity index (χ0v) is 10.2. The van der Waals surface area contributed by atoms with Crippen molar-refractivity contribution >= 4 is 0 Å². The second-order valence-corrected chi connectivity index (χ2v) is 4.02. The largest absolute Gasteiger partial charge is 0.478 e. The van der Waals surface area contributed by atoms with Crippen LogP contribution in [-0.2, 0) is 13.0 Å². The van der Waals surface area contributed by atoms with Gasteiger partial charge in [0.1, 0.15) is 0 Å². The fourth-order valence-corrected chi connectivity index (χ4v) is 1.62. The number of nitrogens with zero attached hydrogens (tertiary/aromatic N) is 2. The predicted molar refractivity (Wildman–Crippen MR) is 70.2 cm³/mol. The van der Waals surface area contributed by atoms with Crippen LogP contribution in [0.5, 0.6) is 5.88 Å². The van der Waals surface area contributed by atoms with E-state index in [-0.39, 0.29) is 0 Å². The number of ether oxygens (including phenoxy) is 1. The summed E-state index contributed by atoms with van der Waals surface area (Å²) >= 11 is 0. The molecule has 0 saturated carbocycles. The van der Waals surface area contributed by atoms with E-state index in [2.05, 4.69) is 9.97 Å². The van der Waals surface area contributed by atoms with E-state index < -0.39 is 0 Å². The molecular weight excluding hydrogens is 226 g/mol. The van der Waals surface area contributed by atoms with Crippen molar-refractivity contribution in [3.8, 4) is 5.88 Å². The quantitative estimate of drug-likeness (QED) is 0.788. The van der Waals surface area contributed by atoms with Gasteiger partial charge in [-0.15, -0.1) is 0 Å². The Balaban J connectivity index is 1.72. The van der Waals surface area contributed by atoms with Gasteiger partial charge >= 0.3 is 0 Å². The maximum absolute atomic E-state index is 5.56. The number of hydrogen-bond donors (Lipinski definition) is 1. The molecule has 2 aromatic heterocycles. The van der Waals surface area contributed by atoms with Crippen LogP contribution in [0.15, 0.2) is 42.9 Å². The van der Waals surface area contributed by atoms with Gasteiger partial charge in [-0.1, -0.05) is 6.07 Å². The van der Waals surface area contributed by atoms with Crippen LogP contribution < -0.4 is 10.5 Å². The standard InChI is InChI=1S/C14H17N3O/c15-10-13-3-4-14(17-11-13)18-9-1-2-12-5-7-16-8-6-12/h3-8,11H,1-2,9-10,15H2. The summed E-state index contributed by atoms with van der Waals surface area (Å²) in [5, 5.41) is 0. The molecule has 0 unspecified atom stereocenters. The molecule has 2 heterocycles. The molecule has 0 aliphatic rings. The van der Waals surface area contributed by atoms with E-state index in [9.17, 15) is 0 Å². The third-order valence-electron chi connectivity index (χ3n) is 2.64. The van der Waals surface area contributed by atoms with E-state index in [1.165, 1.54) is 5.56 Å². The molecule has 2 aromatic rings. The molecule has 94 valence electrons. The summed E-state index contributed by atoms with van der Waals surface area (Å²) in [6.07, 6.45) is 7.32. The molecule has 0 radical (unpaired) electrons. The molecule has 0 fully saturated rings. The van der Waals surface area contributed by atoms with E-state index >= 15 is 0 Å². The van der Waals surface area contributed by atoms with Gasteiger partial charge in [-0.3, -0.25) is 4.98 Å². The van der Waals surface area contributed by atoms with Gasteiger partial charge in [0, 0.05) is 31.2 Å². The maximum atomic E-state index is 5.56. The zero-order chi connectivity index (χ0) is 12.6. The SMILES string of the molecule is NCc1ccc(OCCCc2ccncc2)nc1. The zero-order valence-electron chi connectivity index (χ0n) is 10.2. The highest BCUT2D eigenvalue weighted by Gasteiger charge is 1.97. The number of aryl methyl sites for hydroxylation is 1. The molecule has 4 heteroatoms. The van der Waals surface area contributed by atoms with Gasteiger partial charge in [-0.2, -0.15) is 0 Å². The van der Waals surface area contributed by atoms with E-state index in [4.69, 9.17) is 10.5 Å². The lowest BCUT2D eigenvalue weighted by Crippen LogP contribution is -2.02. The van der Waals surface area contributed by atoms with Gasteiger partial charge in [0.25, 0.3) is 0 Å². The summed E-state index contributed by atoms with van der Waals surface area (Å²) in [4.78, 5) is 8.17. The summed E-state index contributed by atoms with van der Waals surface area (Å²) in [5.41, 5.74) is 7.79. The summed E-state index contributed by atoms with van der Waals surface area (Å²) in [6, 6.07) is 7.84. The third-order valence-corrected chi connectivity index (χ3v) is 2.64. The van der Waals surface area contributed by atoms with Gasteiger partial charge in [0.2, 0.25) is 5.88 Å². The monoisotopic (exact) mass is 243 g/mol. The topological polar surface area (TPSA) is 61.0 Å². The Morgan fingerprint density at radius 2 is 1.89 bits per heavy atom. The molecule has 4 nitrogen and oxygen atoms in total. The van der Waals surface area contributed by atoms with Gasteiger partial charge in [-0.25, -0.2) is 4.98 Å². The van der Waals surface area contributed by atoms with Crippen LogP contribution >= 0.6 is 0 Å². The molecule has 0 amide bonds. The highest BCUT2D eigenvalue weighted by atomic mass is 16.5. The summed E-state index contributed by atoms with van der Waals surface area (Å²) < 4.78 is 5.56. The Labute approximate surface area is 107 Å². The minimum atomic E-state index is 0.509. The number of rotatable bonds is 6. The van der Waals surface area contributed by atoms with Crippen LogP contribution in [0.25, 0.3) is 0 Å². The minimum absolute atomic E-state index is 0.509. The molecule has 18 heavy (non-hydrogen) atoms. The maximum Gasteiger partial charge on any atom is 0.213 e. The fraction of sp³-hybridized carbons (Fsp3) is 0.286. The van der Waals surface area contributed by atoms with E-state index in [0.717, 1.165) is 18.4 Å². The third kappa shape index (κ3) is 3.82. The number of nitrogens with two attached hydrogens (primary N) is 1. The van der Waals surface area contributed by atoms with Gasteiger partial charge in [0.05, 0.1) is 6.61 Å². The first kappa shape index (κ1) is 12.5. The fourth-order valence-electron chi connectivity index (χ4n) is 1.62. The van der Waals surface area contributed by atoms with E-state index in [0.29, 0.717) is 19.0 Å². The first-order valence-electron chi connectivity index (χ1n) is 6.05. The predicted octanol–water partition coefficient (Wildman–Crippen LogP) is 1.95. The Bertz CT molecular complexity index is 456. The summed E-state index contributed by atoms with van der Waals surface area (Å²) in [6.45, 7) is 1.17. The van der Waals surface area contributed by atoms with Crippen LogP contribution in [0.4, 0.5) is 0 Å². The second kappa shape index (κ2) is 6.71. The molecule has 0 spiro atoms. The number of hydrogen-bond acceptors (Lipinski definition) is 4. The van der Waals surface area contributed by atoms with Crippen molar-refractivity contribution < 1.29 is 4.74 Å². The normalized spacial score (nSPS) is 10.3. The van der Waals surface area contributed by atoms with Crippen molar-refractivity contribution in [2.24, 2.45) is 5.73 Å². The number of pyridine rings is 2. The van der Waals surface area contributed by atoms with Crippen LogP contribution in [0.1, 0.15) is 17.5 Å². The molecule has 2 N–H and O–H groups in total. The first-order chi connectivity index (χ1) is 8.88. The number of aromatic nitrogens is 2. The summed E-state index contributed by atoms with van der Waals surface area (Å²) in [5.74, 6) is 0.655. The van der Waals surface area contributed by atoms with Crippen molar-refractivity contribution in [2.45, 2.75) is 19.4 Å². The smallest absolute Gasteiger partial charge is 0.213 e. The van der Waals surface area contributed by atoms with E-state index in [1.54, 1.807) is 6.20 Å². The lowest BCUT2D eigenvalue weighted by molar-refractivity contribution is 0.299. The van der Waals surface area contributed by atoms with Crippen molar-refractivity contribution in [1.82, 2.24) is 9.97 Å². The van der Waals surface area contributed by atoms with Crippen LogP contribution in [0.3, 0.4) is 0 Å². The molecule has 0 saturated heterocycles. The van der Waals surface area contributed by atoms with Gasteiger partial charge < -0.3 is 10.5 Å². The average molecular weight is 243 g/mol. The molecule has 0 aromatic carbocycles. The second-order valence-electron chi connectivity index (χ2n) is 4.02. The Morgan fingerprint density at radius 3 is 2.56 bits per heavy atom. The highest BCUT2D eigenvalue weighted by molar-refractivity contribution is 5.17. The minimum Gasteiger partial charge on any atom is -0.478 e. The molecule has 2 rings (SSSR count). The van der Waals surface area contributed by atoms with Gasteiger partial charge in [0.15, 0.2) is 0 Å². The van der Waals surface area contributed by atoms with Crippen LogP contribution in [0, 0.1) is 0 Å². The highest BCUT2D eigenvalue weighted by Crippen LogP contribution is 2.08. The van der Waals surface area contributed by atoms with E-state index in [1.807, 2.05) is 36.7 Å². The summed E-state index contributed by atoms with van der Waals surface area (Å²) in [7, 11) is 0. The Morgan fingerprint density at radius 1 is 1.06 bits per heavy atom. The Kier molecular flexibility index (Phi) is 4.67. The first-order valence-corrected chi connectivity index (χ1v) is 6.05. The molecule has 0 aliphatic carbocycles. The lowest BCUT2D eigenvalue weighted by atomic mass is 10.1. The molecule has 0 atom stereocenters. The van der Waals surface area contributed by atoms with Crippen molar-refractivity contribution in [2.75, 3.05) is 6.61 Å². The molecule has 0 aliphatic heterocycles. The Hall–Kier alpha value is -1.94. The van der Waals surface area contributed by atoms with Crippen LogP contribution in [0.2, 0.25) is 0 Å². The van der Waals surface area contributed by atoms with Gasteiger partial charge in [-0.05, 0) is 36.1 Å². The molecular formula is C14H17N3O. The average Bonchev–Trinajstić information content (AvgIpc) is 2.45.